The Balaban J connectivity index is 1.54. The minimum atomic E-state index is -0.241. The molecular formula is C21H24N2O3. The zero-order valence-electron chi connectivity index (χ0n) is 14.9. The van der Waals surface area contributed by atoms with E-state index in [1.165, 1.54) is 5.56 Å². The van der Waals surface area contributed by atoms with E-state index in [-0.39, 0.29) is 18.2 Å². The van der Waals surface area contributed by atoms with Crippen molar-refractivity contribution in [2.24, 2.45) is 5.92 Å². The van der Waals surface area contributed by atoms with Crippen LogP contribution in [0.3, 0.4) is 0 Å². The van der Waals surface area contributed by atoms with E-state index in [9.17, 15) is 4.79 Å². The molecule has 0 aliphatic carbocycles. The van der Waals surface area contributed by atoms with E-state index in [0.29, 0.717) is 25.7 Å². The Morgan fingerprint density at radius 3 is 2.73 bits per heavy atom. The minimum Gasteiger partial charge on any atom is -0.445 e. The monoisotopic (exact) mass is 352 g/mol. The van der Waals surface area contributed by atoms with E-state index in [4.69, 9.17) is 9.47 Å². The summed E-state index contributed by atoms with van der Waals surface area (Å²) in [6, 6.07) is 18.2. The van der Waals surface area contributed by atoms with Gasteiger partial charge < -0.3 is 19.7 Å². The zero-order chi connectivity index (χ0) is 17.9. The number of hydrogen-bond acceptors (Lipinski definition) is 4. The summed E-state index contributed by atoms with van der Waals surface area (Å²) < 4.78 is 11.0. The quantitative estimate of drug-likeness (QED) is 0.909. The van der Waals surface area contributed by atoms with Gasteiger partial charge in [-0.25, -0.2) is 4.79 Å². The minimum absolute atomic E-state index is 0.0378. The molecule has 2 aromatic rings. The maximum atomic E-state index is 12.8. The third-order valence-corrected chi connectivity index (χ3v) is 5.37. The fraction of sp³-hybridized carbons (Fsp3) is 0.381. The van der Waals surface area contributed by atoms with Gasteiger partial charge >= 0.3 is 6.09 Å². The number of para-hydroxylation sites is 1. The van der Waals surface area contributed by atoms with E-state index in [0.717, 1.165) is 17.7 Å². The Bertz CT molecular complexity index is 765. The van der Waals surface area contributed by atoms with Crippen LogP contribution < -0.4 is 5.32 Å². The van der Waals surface area contributed by atoms with Crippen molar-refractivity contribution in [1.29, 1.82) is 0 Å². The maximum absolute atomic E-state index is 12.8. The molecule has 136 valence electrons. The van der Waals surface area contributed by atoms with Crippen molar-refractivity contribution >= 4 is 11.8 Å². The summed E-state index contributed by atoms with van der Waals surface area (Å²) in [5, 5.41) is 3.58. The number of carbonyl (C=O) groups is 1. The average molecular weight is 352 g/mol. The molecule has 26 heavy (non-hydrogen) atoms. The van der Waals surface area contributed by atoms with Crippen molar-refractivity contribution in [2.45, 2.75) is 25.1 Å². The summed E-state index contributed by atoms with van der Waals surface area (Å²) in [5.41, 5.74) is 3.25. The number of likely N-dealkylation sites (tertiary alicyclic amines) is 1. The van der Waals surface area contributed by atoms with Crippen LogP contribution in [0.2, 0.25) is 0 Å². The number of hydrogen-bond donors (Lipinski definition) is 1. The van der Waals surface area contributed by atoms with Crippen LogP contribution in [0.15, 0.2) is 54.6 Å². The molecule has 0 bridgehead atoms. The number of anilines is 1. The summed E-state index contributed by atoms with van der Waals surface area (Å²) >= 11 is 0. The van der Waals surface area contributed by atoms with E-state index < -0.39 is 0 Å². The van der Waals surface area contributed by atoms with Crippen LogP contribution in [-0.2, 0) is 16.1 Å². The lowest BCUT2D eigenvalue weighted by atomic mass is 9.83. The molecule has 0 aromatic heterocycles. The van der Waals surface area contributed by atoms with E-state index >= 15 is 0 Å². The molecule has 2 unspecified atom stereocenters. The van der Waals surface area contributed by atoms with Crippen molar-refractivity contribution in [2.75, 3.05) is 25.6 Å². The molecule has 5 heteroatoms. The number of benzene rings is 2. The van der Waals surface area contributed by atoms with Gasteiger partial charge in [0.1, 0.15) is 6.61 Å². The highest BCUT2D eigenvalue weighted by Crippen LogP contribution is 2.46. The Morgan fingerprint density at radius 2 is 1.92 bits per heavy atom. The van der Waals surface area contributed by atoms with Crippen molar-refractivity contribution < 1.29 is 14.3 Å². The lowest BCUT2D eigenvalue weighted by molar-refractivity contribution is 0.0825. The fourth-order valence-corrected chi connectivity index (χ4v) is 4.18. The van der Waals surface area contributed by atoms with Gasteiger partial charge in [-0.15, -0.1) is 0 Å². The molecule has 4 rings (SSSR count). The first-order valence-electron chi connectivity index (χ1n) is 9.09. The second kappa shape index (κ2) is 7.38. The first-order valence-corrected chi connectivity index (χ1v) is 9.09. The summed E-state index contributed by atoms with van der Waals surface area (Å²) in [6.45, 7) is 1.64. The SMILES string of the molecule is COC[C@@H]1Nc2ccccc2C2C1CCN2C(=O)OCc1ccccc1. The number of ether oxygens (including phenoxy) is 2. The molecule has 2 aromatic carbocycles. The Kier molecular flexibility index (Phi) is 4.80. The van der Waals surface area contributed by atoms with Gasteiger partial charge in [-0.05, 0) is 23.6 Å². The molecule has 1 saturated heterocycles. The van der Waals surface area contributed by atoms with Crippen LogP contribution in [0.5, 0.6) is 0 Å². The van der Waals surface area contributed by atoms with Gasteiger partial charge in [0.2, 0.25) is 0 Å². The van der Waals surface area contributed by atoms with Crippen molar-refractivity contribution in [3.8, 4) is 0 Å². The molecule has 0 spiro atoms. The molecule has 1 amide bonds. The molecule has 1 fully saturated rings. The molecule has 0 saturated carbocycles. The van der Waals surface area contributed by atoms with Crippen LogP contribution in [0.4, 0.5) is 10.5 Å². The van der Waals surface area contributed by atoms with Gasteiger partial charge in [-0.2, -0.15) is 0 Å². The number of carbonyl (C=O) groups excluding carboxylic acids is 1. The standard InChI is InChI=1S/C21H24N2O3/c1-25-14-19-17-11-12-23(20(17)16-9-5-6-10-18(16)22-19)21(24)26-13-15-7-3-2-4-8-15/h2-10,17,19-20,22H,11-14H2,1H3/t17?,19-,20?/m0/s1. The van der Waals surface area contributed by atoms with Crippen LogP contribution >= 0.6 is 0 Å². The van der Waals surface area contributed by atoms with Gasteiger partial charge in [-0.1, -0.05) is 48.5 Å². The van der Waals surface area contributed by atoms with Gasteiger partial charge in [0.15, 0.2) is 0 Å². The first kappa shape index (κ1) is 16.9. The summed E-state index contributed by atoms with van der Waals surface area (Å²) in [6.07, 6.45) is 0.703. The third kappa shape index (κ3) is 3.15. The molecule has 2 aliphatic rings. The molecule has 3 atom stereocenters. The lowest BCUT2D eigenvalue weighted by Gasteiger charge is -2.39. The largest absolute Gasteiger partial charge is 0.445 e. The van der Waals surface area contributed by atoms with Crippen molar-refractivity contribution in [1.82, 2.24) is 4.90 Å². The maximum Gasteiger partial charge on any atom is 0.410 e. The Morgan fingerprint density at radius 1 is 1.15 bits per heavy atom. The van der Waals surface area contributed by atoms with Crippen molar-refractivity contribution in [3.63, 3.8) is 0 Å². The average Bonchev–Trinajstić information content (AvgIpc) is 3.13. The highest BCUT2D eigenvalue weighted by Gasteiger charge is 2.46. The summed E-state index contributed by atoms with van der Waals surface area (Å²) in [4.78, 5) is 14.7. The zero-order valence-corrected chi connectivity index (χ0v) is 14.9. The molecule has 1 N–H and O–H groups in total. The number of fused-ring (bicyclic) bond motifs is 3. The van der Waals surface area contributed by atoms with Crippen LogP contribution in [0.25, 0.3) is 0 Å². The predicted octanol–water partition coefficient (Wildman–Crippen LogP) is 3.83. The molecule has 2 heterocycles. The fourth-order valence-electron chi connectivity index (χ4n) is 4.18. The second-order valence-corrected chi connectivity index (χ2v) is 6.92. The normalized spacial score (nSPS) is 23.7. The van der Waals surface area contributed by atoms with Crippen LogP contribution in [0.1, 0.15) is 23.6 Å². The van der Waals surface area contributed by atoms with E-state index in [1.54, 1.807) is 7.11 Å². The van der Waals surface area contributed by atoms with E-state index in [2.05, 4.69) is 17.4 Å². The van der Waals surface area contributed by atoms with Gasteiger partial charge in [0.25, 0.3) is 0 Å². The summed E-state index contributed by atoms with van der Waals surface area (Å²) in [7, 11) is 1.72. The van der Waals surface area contributed by atoms with E-state index in [1.807, 2.05) is 47.4 Å². The predicted molar refractivity (Wildman–Crippen MR) is 99.9 cm³/mol. The topological polar surface area (TPSA) is 50.8 Å². The molecule has 0 radical (unpaired) electrons. The molecular weight excluding hydrogens is 328 g/mol. The van der Waals surface area contributed by atoms with Gasteiger partial charge in [0.05, 0.1) is 18.7 Å². The number of nitrogens with zero attached hydrogens (tertiary/aromatic N) is 1. The smallest absolute Gasteiger partial charge is 0.410 e. The number of amides is 1. The molecule has 2 aliphatic heterocycles. The van der Waals surface area contributed by atoms with Gasteiger partial charge in [-0.3, -0.25) is 0 Å². The second-order valence-electron chi connectivity index (χ2n) is 6.92. The van der Waals surface area contributed by atoms with Crippen molar-refractivity contribution in [3.05, 3.63) is 65.7 Å². The van der Waals surface area contributed by atoms with Crippen LogP contribution in [-0.4, -0.2) is 37.3 Å². The molecule has 5 nitrogen and oxygen atoms in total. The number of nitrogens with one attached hydrogen (secondary N) is 1. The highest BCUT2D eigenvalue weighted by atomic mass is 16.6. The lowest BCUT2D eigenvalue weighted by Crippen LogP contribution is -2.43. The highest BCUT2D eigenvalue weighted by molar-refractivity contribution is 5.70. The summed E-state index contributed by atoms with van der Waals surface area (Å²) in [5.74, 6) is 0.328. The Labute approximate surface area is 153 Å². The number of methoxy groups -OCH3 is 1. The Hall–Kier alpha value is -2.53. The van der Waals surface area contributed by atoms with Gasteiger partial charge in [0, 0.05) is 25.3 Å². The third-order valence-electron chi connectivity index (χ3n) is 5.37. The van der Waals surface area contributed by atoms with Crippen LogP contribution in [0, 0.1) is 5.92 Å². The number of rotatable bonds is 4. The first-order chi connectivity index (χ1) is 12.8.